The highest BCUT2D eigenvalue weighted by molar-refractivity contribution is 5.09. The first-order valence-electron chi connectivity index (χ1n) is 7.04. The molecule has 1 aromatic heterocycles. The Morgan fingerprint density at radius 2 is 2.17 bits per heavy atom. The van der Waals surface area contributed by atoms with Gasteiger partial charge in [0.05, 0.1) is 13.2 Å². The maximum atomic E-state index is 5.34. The van der Waals surface area contributed by atoms with Crippen LogP contribution in [0.5, 0.6) is 0 Å². The molecule has 1 N–H and O–H groups in total. The van der Waals surface area contributed by atoms with Crippen LogP contribution in [0.2, 0.25) is 0 Å². The molecule has 0 atom stereocenters. The number of rotatable bonds is 7. The van der Waals surface area contributed by atoms with Crippen molar-refractivity contribution >= 4 is 0 Å². The Morgan fingerprint density at radius 3 is 2.89 bits per heavy atom. The van der Waals surface area contributed by atoms with E-state index in [-0.39, 0.29) is 0 Å². The van der Waals surface area contributed by atoms with Crippen LogP contribution >= 0.6 is 0 Å². The van der Waals surface area contributed by atoms with Gasteiger partial charge in [-0.05, 0) is 38.1 Å². The van der Waals surface area contributed by atoms with Crippen LogP contribution in [-0.4, -0.2) is 48.9 Å². The van der Waals surface area contributed by atoms with Gasteiger partial charge in [-0.3, -0.25) is 4.90 Å². The largest absolute Gasteiger partial charge is 0.379 e. The number of aromatic nitrogens is 1. The summed E-state index contributed by atoms with van der Waals surface area (Å²) in [4.78, 5) is 2.48. The van der Waals surface area contributed by atoms with Crippen molar-refractivity contribution in [3.63, 3.8) is 0 Å². The first kappa shape index (κ1) is 13.6. The maximum absolute atomic E-state index is 5.34. The highest BCUT2D eigenvalue weighted by Crippen LogP contribution is 2.01. The zero-order chi connectivity index (χ0) is 12.6. The summed E-state index contributed by atoms with van der Waals surface area (Å²) in [6, 6.07) is 2.19. The Hall–Kier alpha value is -0.840. The van der Waals surface area contributed by atoms with Crippen LogP contribution < -0.4 is 5.32 Å². The molecular weight excluding hydrogens is 226 g/mol. The molecule has 18 heavy (non-hydrogen) atoms. The third-order valence-electron chi connectivity index (χ3n) is 3.44. The fraction of sp³-hybridized carbons (Fsp3) is 0.714. The standard InChI is InChI=1S/C14H25N3O/c1-2-16-7-4-14(13-16)12-15-5-3-6-17-8-10-18-11-9-17/h4,7,13,15H,2-3,5-6,8-12H2,1H3. The van der Waals surface area contributed by atoms with E-state index in [0.29, 0.717) is 0 Å². The first-order chi connectivity index (χ1) is 8.88. The predicted molar refractivity (Wildman–Crippen MR) is 73.7 cm³/mol. The van der Waals surface area contributed by atoms with E-state index in [1.807, 2.05) is 0 Å². The highest BCUT2D eigenvalue weighted by atomic mass is 16.5. The third kappa shape index (κ3) is 4.44. The molecule has 0 bridgehead atoms. The summed E-state index contributed by atoms with van der Waals surface area (Å²) >= 11 is 0. The summed E-state index contributed by atoms with van der Waals surface area (Å²) < 4.78 is 7.55. The van der Waals surface area contributed by atoms with Crippen LogP contribution in [0.3, 0.4) is 0 Å². The molecule has 0 aromatic carbocycles. The minimum absolute atomic E-state index is 0.901. The van der Waals surface area contributed by atoms with Crippen molar-refractivity contribution in [3.05, 3.63) is 24.0 Å². The smallest absolute Gasteiger partial charge is 0.0594 e. The number of hydrogen-bond donors (Lipinski definition) is 1. The predicted octanol–water partition coefficient (Wildman–Crippen LogP) is 1.32. The van der Waals surface area contributed by atoms with Crippen molar-refractivity contribution in [2.24, 2.45) is 0 Å². The van der Waals surface area contributed by atoms with E-state index in [2.05, 4.69) is 40.2 Å². The molecule has 0 unspecified atom stereocenters. The Balaban J connectivity index is 1.52. The lowest BCUT2D eigenvalue weighted by molar-refractivity contribution is 0.0374. The highest BCUT2D eigenvalue weighted by Gasteiger charge is 2.08. The monoisotopic (exact) mass is 251 g/mol. The fourth-order valence-electron chi connectivity index (χ4n) is 2.28. The van der Waals surface area contributed by atoms with Gasteiger partial charge in [0.2, 0.25) is 0 Å². The Bertz CT molecular complexity index is 332. The molecule has 2 rings (SSSR count). The van der Waals surface area contributed by atoms with E-state index < -0.39 is 0 Å². The minimum atomic E-state index is 0.901. The number of morpholine rings is 1. The van der Waals surface area contributed by atoms with E-state index >= 15 is 0 Å². The average molecular weight is 251 g/mol. The third-order valence-corrected chi connectivity index (χ3v) is 3.44. The Kier molecular flexibility index (Phi) is 5.71. The van der Waals surface area contributed by atoms with Crippen LogP contribution in [0, 0.1) is 0 Å². The molecule has 4 heteroatoms. The summed E-state index contributed by atoms with van der Waals surface area (Å²) in [5.74, 6) is 0. The molecule has 0 spiro atoms. The van der Waals surface area contributed by atoms with Crippen molar-refractivity contribution < 1.29 is 4.74 Å². The summed E-state index contributed by atoms with van der Waals surface area (Å²) in [6.45, 7) is 10.5. The average Bonchev–Trinajstić information content (AvgIpc) is 2.87. The van der Waals surface area contributed by atoms with Crippen molar-refractivity contribution in [3.8, 4) is 0 Å². The van der Waals surface area contributed by atoms with E-state index in [1.54, 1.807) is 0 Å². The maximum Gasteiger partial charge on any atom is 0.0594 e. The number of aryl methyl sites for hydroxylation is 1. The summed E-state index contributed by atoms with van der Waals surface area (Å²) in [6.07, 6.45) is 5.58. The van der Waals surface area contributed by atoms with Gasteiger partial charge in [-0.2, -0.15) is 0 Å². The molecule has 1 aliphatic heterocycles. The van der Waals surface area contributed by atoms with E-state index in [9.17, 15) is 0 Å². The Morgan fingerprint density at radius 1 is 1.33 bits per heavy atom. The molecule has 0 aliphatic carbocycles. The minimum Gasteiger partial charge on any atom is -0.379 e. The zero-order valence-electron chi connectivity index (χ0n) is 11.4. The molecule has 1 saturated heterocycles. The lowest BCUT2D eigenvalue weighted by Crippen LogP contribution is -2.37. The fourth-order valence-corrected chi connectivity index (χ4v) is 2.28. The number of hydrogen-bond acceptors (Lipinski definition) is 3. The molecule has 1 aromatic rings. The lowest BCUT2D eigenvalue weighted by Gasteiger charge is -2.26. The molecule has 1 fully saturated rings. The molecule has 0 saturated carbocycles. The normalized spacial score (nSPS) is 17.2. The van der Waals surface area contributed by atoms with Gasteiger partial charge in [-0.1, -0.05) is 0 Å². The number of ether oxygens (including phenoxy) is 1. The van der Waals surface area contributed by atoms with Gasteiger partial charge in [0, 0.05) is 38.6 Å². The van der Waals surface area contributed by atoms with E-state index in [0.717, 1.165) is 45.9 Å². The van der Waals surface area contributed by atoms with E-state index in [4.69, 9.17) is 4.74 Å². The molecule has 2 heterocycles. The van der Waals surface area contributed by atoms with Gasteiger partial charge >= 0.3 is 0 Å². The van der Waals surface area contributed by atoms with Gasteiger partial charge in [0.1, 0.15) is 0 Å². The zero-order valence-corrected chi connectivity index (χ0v) is 11.4. The van der Waals surface area contributed by atoms with Crippen LogP contribution in [0.15, 0.2) is 18.5 Å². The second-order valence-corrected chi connectivity index (χ2v) is 4.83. The number of nitrogens with zero attached hydrogens (tertiary/aromatic N) is 2. The van der Waals surface area contributed by atoms with Crippen LogP contribution in [0.4, 0.5) is 0 Å². The molecule has 102 valence electrons. The Labute approximate surface area is 110 Å². The van der Waals surface area contributed by atoms with Crippen molar-refractivity contribution in [2.45, 2.75) is 26.4 Å². The molecular formula is C14H25N3O. The molecule has 0 radical (unpaired) electrons. The summed E-state index contributed by atoms with van der Waals surface area (Å²) in [7, 11) is 0. The van der Waals surface area contributed by atoms with Gasteiger partial charge < -0.3 is 14.6 Å². The quantitative estimate of drug-likeness (QED) is 0.741. The lowest BCUT2D eigenvalue weighted by atomic mass is 10.3. The van der Waals surface area contributed by atoms with Crippen LogP contribution in [0.25, 0.3) is 0 Å². The SMILES string of the molecule is CCn1ccc(CNCCCN2CCOCC2)c1. The summed E-state index contributed by atoms with van der Waals surface area (Å²) in [5.41, 5.74) is 1.38. The first-order valence-corrected chi connectivity index (χ1v) is 7.04. The van der Waals surface area contributed by atoms with Crippen molar-refractivity contribution in [1.29, 1.82) is 0 Å². The van der Waals surface area contributed by atoms with Gasteiger partial charge in [0.15, 0.2) is 0 Å². The van der Waals surface area contributed by atoms with Gasteiger partial charge in [-0.25, -0.2) is 0 Å². The van der Waals surface area contributed by atoms with Crippen LogP contribution in [0.1, 0.15) is 18.9 Å². The van der Waals surface area contributed by atoms with Crippen molar-refractivity contribution in [2.75, 3.05) is 39.4 Å². The molecule has 4 nitrogen and oxygen atoms in total. The second-order valence-electron chi connectivity index (χ2n) is 4.83. The molecule has 0 amide bonds. The van der Waals surface area contributed by atoms with Gasteiger partial charge in [0.25, 0.3) is 0 Å². The van der Waals surface area contributed by atoms with Crippen molar-refractivity contribution in [1.82, 2.24) is 14.8 Å². The number of nitrogens with one attached hydrogen (secondary N) is 1. The second kappa shape index (κ2) is 7.56. The van der Waals surface area contributed by atoms with Crippen LogP contribution in [-0.2, 0) is 17.8 Å². The molecule has 1 aliphatic rings. The topological polar surface area (TPSA) is 29.4 Å². The van der Waals surface area contributed by atoms with Gasteiger partial charge in [-0.15, -0.1) is 0 Å². The van der Waals surface area contributed by atoms with E-state index in [1.165, 1.54) is 18.5 Å². The summed E-state index contributed by atoms with van der Waals surface area (Å²) in [5, 5.41) is 3.51.